The van der Waals surface area contributed by atoms with Crippen LogP contribution in [0.15, 0.2) is 164 Å². The number of nitrogens with zero attached hydrogens (tertiary/aromatic N) is 4. The number of hydrogen-bond donors (Lipinski definition) is 0. The number of para-hydroxylation sites is 3. The van der Waals surface area contributed by atoms with E-state index in [1.165, 1.54) is 66.6 Å². The summed E-state index contributed by atoms with van der Waals surface area (Å²) in [6, 6.07) is 64.7. The van der Waals surface area contributed by atoms with Crippen LogP contribution in [0.25, 0.3) is 66.6 Å². The minimum atomic E-state index is -0.0318. The van der Waals surface area contributed by atoms with Crippen LogP contribution in [0.2, 0.25) is 0 Å². The zero-order chi connectivity index (χ0) is 46.0. The van der Waals surface area contributed by atoms with Crippen molar-refractivity contribution in [1.82, 2.24) is 18.7 Å². The van der Waals surface area contributed by atoms with Gasteiger partial charge in [0, 0.05) is 6.20 Å². The maximum absolute atomic E-state index is 6.88. The molecule has 0 bridgehead atoms. The monoisotopic (exact) mass is 1050 g/mol. The molecule has 6 heteroatoms. The minimum absolute atomic E-state index is 0.00184. The molecule has 7 aromatic carbocycles. The van der Waals surface area contributed by atoms with E-state index in [4.69, 9.17) is 9.72 Å². The Kier molecular flexibility index (Phi) is 10.9. The van der Waals surface area contributed by atoms with Gasteiger partial charge in [-0.25, -0.2) is 4.98 Å². The molecule has 0 radical (unpaired) electrons. The van der Waals surface area contributed by atoms with Crippen LogP contribution in [0.3, 0.4) is 0 Å². The molecule has 336 valence electrons. The molecule has 1 aliphatic rings. The first-order valence-corrected chi connectivity index (χ1v) is 24.7. The molecule has 1 atom stereocenters. The average molecular weight is 1050 g/mol. The second-order valence-electron chi connectivity index (χ2n) is 20.0. The van der Waals surface area contributed by atoms with Crippen molar-refractivity contribution in [3.8, 4) is 45.3 Å². The Labute approximate surface area is 404 Å². The number of pyridine rings is 1. The quantitative estimate of drug-likeness (QED) is 0.118. The molecule has 0 fully saturated rings. The number of hydrogen-bond acceptors (Lipinski definition) is 2. The third kappa shape index (κ3) is 7.81. The molecule has 11 rings (SSSR count). The van der Waals surface area contributed by atoms with Gasteiger partial charge in [0.1, 0.15) is 0 Å². The fourth-order valence-electron chi connectivity index (χ4n) is 10.1. The van der Waals surface area contributed by atoms with Crippen molar-refractivity contribution in [2.75, 3.05) is 0 Å². The molecule has 0 N–H and O–H groups in total. The van der Waals surface area contributed by atoms with E-state index >= 15 is 0 Å². The van der Waals surface area contributed by atoms with Gasteiger partial charge >= 0.3 is 302 Å². The minimum Gasteiger partial charge on any atom is -0.0608 e. The third-order valence-corrected chi connectivity index (χ3v) is 14.7. The predicted molar refractivity (Wildman–Crippen MR) is 271 cm³/mol. The topological polar surface area (TPSA) is 36.9 Å². The summed E-state index contributed by atoms with van der Waals surface area (Å²) in [5.74, 6) is 2.20. The molecule has 67 heavy (non-hydrogen) atoms. The summed E-state index contributed by atoms with van der Waals surface area (Å²) in [6.07, 6.45) is 6.16. The van der Waals surface area contributed by atoms with Crippen LogP contribution in [0.4, 0.5) is 0 Å². The molecule has 3 heterocycles. The van der Waals surface area contributed by atoms with Gasteiger partial charge in [0.2, 0.25) is 0 Å². The van der Waals surface area contributed by atoms with Crippen LogP contribution < -0.4 is 4.74 Å². The number of aryl methyl sites for hydroxylation is 1. The van der Waals surface area contributed by atoms with Crippen molar-refractivity contribution >= 4 is 32.8 Å². The van der Waals surface area contributed by atoms with Crippen molar-refractivity contribution in [2.24, 2.45) is 0 Å². The number of rotatable bonds is 7. The third-order valence-electron chi connectivity index (χ3n) is 13.6. The molecular weight excluding hydrogens is 1000 g/mol. The number of fused-ring (bicyclic) bond motifs is 5. The van der Waals surface area contributed by atoms with Gasteiger partial charge < -0.3 is 0 Å². The molecule has 0 amide bonds. The Balaban J connectivity index is 1.05. The maximum atomic E-state index is 6.88. The second kappa shape index (κ2) is 17.0. The van der Waals surface area contributed by atoms with Crippen LogP contribution in [0, 0.1) is 15.9 Å². The van der Waals surface area contributed by atoms with Gasteiger partial charge in [-0.1, -0.05) is 53.7 Å². The molecule has 0 spiro atoms. The van der Waals surface area contributed by atoms with E-state index in [2.05, 4.69) is 244 Å². The predicted octanol–water partition coefficient (Wildman–Crippen LogP) is 15.6. The normalized spacial score (nSPS) is 14.4. The van der Waals surface area contributed by atoms with Crippen molar-refractivity contribution in [2.45, 2.75) is 84.1 Å². The van der Waals surface area contributed by atoms with E-state index in [0.717, 1.165) is 51.7 Å². The Morgan fingerprint density at radius 1 is 0.582 bits per heavy atom. The van der Waals surface area contributed by atoms with Gasteiger partial charge in [0.05, 0.1) is 0 Å². The van der Waals surface area contributed by atoms with Gasteiger partial charge in [-0.15, -0.1) is 0 Å². The molecule has 10 aromatic rings. The van der Waals surface area contributed by atoms with Gasteiger partial charge in [-0.05, 0) is 40.2 Å². The molecule has 0 saturated heterocycles. The zero-order valence-electron chi connectivity index (χ0n) is 39.0. The van der Waals surface area contributed by atoms with E-state index in [9.17, 15) is 0 Å². The van der Waals surface area contributed by atoms with E-state index in [1.54, 1.807) is 0 Å². The van der Waals surface area contributed by atoms with E-state index in [-0.39, 0.29) is 16.9 Å². The molecule has 1 aliphatic carbocycles. The summed E-state index contributed by atoms with van der Waals surface area (Å²) in [6.45, 7) is 13.6. The fraction of sp³-hybridized carbons (Fsp3) is 0.213. The Morgan fingerprint density at radius 3 is 1.93 bits per heavy atom. The van der Waals surface area contributed by atoms with Crippen LogP contribution in [-0.2, 0) is 36.6 Å². The van der Waals surface area contributed by atoms with Crippen molar-refractivity contribution in [3.63, 3.8) is 0 Å². The van der Waals surface area contributed by atoms with Gasteiger partial charge in [0.15, 0.2) is 0 Å². The van der Waals surface area contributed by atoms with E-state index in [1.807, 2.05) is 6.20 Å². The average Bonchev–Trinajstić information content (AvgIpc) is 3.72. The summed E-state index contributed by atoms with van der Waals surface area (Å²) in [7, 11) is 0. The van der Waals surface area contributed by atoms with Crippen LogP contribution >= 0.6 is 0 Å². The van der Waals surface area contributed by atoms with Crippen molar-refractivity contribution in [3.05, 3.63) is 202 Å². The van der Waals surface area contributed by atoms with Crippen LogP contribution in [0.1, 0.15) is 89.1 Å². The van der Waals surface area contributed by atoms with Crippen LogP contribution in [0.5, 0.6) is 11.5 Å². The molecule has 0 aliphatic heterocycles. The molecule has 1 unspecified atom stereocenters. The Bertz CT molecular complexity index is 3490. The number of imidazole rings is 1. The Hall–Kier alpha value is -6.55. The SMILES string of the molecule is CC(C)(C)c1ccnc(-n2c3[c-]c(Oc4[c-]c5c(cc4)CCCCC5n4[c](=[Pt])n(-c5c(-c6ccccc6)cccc5-c5ccccc5)c5ccccc54)ccc3c3cc(C(C)(C)C)ccc32)c1. The summed E-state index contributed by atoms with van der Waals surface area (Å²) >= 11 is 2.59. The van der Waals surface area contributed by atoms with Crippen LogP contribution in [-0.4, -0.2) is 18.7 Å². The van der Waals surface area contributed by atoms with Gasteiger partial charge in [-0.2, -0.15) is 0 Å². The van der Waals surface area contributed by atoms with E-state index in [0.29, 0.717) is 11.5 Å². The fourth-order valence-corrected chi connectivity index (χ4v) is 11.2. The van der Waals surface area contributed by atoms with Gasteiger partial charge in [0.25, 0.3) is 0 Å². The smallest absolute Gasteiger partial charge is 0.0608 e. The summed E-state index contributed by atoms with van der Waals surface area (Å²) in [5.41, 5.74) is 15.3. The van der Waals surface area contributed by atoms with Crippen molar-refractivity contribution in [1.29, 1.82) is 0 Å². The number of aromatic nitrogens is 4. The van der Waals surface area contributed by atoms with E-state index < -0.39 is 0 Å². The molecule has 3 aromatic heterocycles. The zero-order valence-corrected chi connectivity index (χ0v) is 41.3. The molecule has 5 nitrogen and oxygen atoms in total. The first-order valence-electron chi connectivity index (χ1n) is 23.5. The number of ether oxygens (including phenoxy) is 1. The summed E-state index contributed by atoms with van der Waals surface area (Å²) in [5, 5.41) is 2.30. The Morgan fingerprint density at radius 2 is 1.22 bits per heavy atom. The van der Waals surface area contributed by atoms with Gasteiger partial charge in [-0.3, -0.25) is 0 Å². The molecule has 0 saturated carbocycles. The molecular formula is C61H54N4OPt-2. The van der Waals surface area contributed by atoms with Crippen molar-refractivity contribution < 1.29 is 24.1 Å². The summed E-state index contributed by atoms with van der Waals surface area (Å²) < 4.78 is 15.3. The summed E-state index contributed by atoms with van der Waals surface area (Å²) in [4.78, 5) is 4.96. The first kappa shape index (κ1) is 43.0. The first-order chi connectivity index (χ1) is 32.4. The second-order valence-corrected chi connectivity index (χ2v) is 21.1. The standard InChI is InChI=1S/C61H54N4O.Pt/c1-60(2,3)44-29-33-54-52(36-44)50-32-31-47(39-57(50)65(54)58-37-45(34-35-62-58)61(4,5)6)66-46-30-28-43-22-13-14-25-53(51(43)38-46)63-40-64(56-27-16-15-26-55(56)63)59-48(41-18-9-7-10-19-41)23-17-24-49(59)42-20-11-8-12-21-42;/h7-12,15-21,23-24,26-37,53H,13-14,22,25H2,1-6H3;/q-2;. The number of benzene rings is 7.